The second-order valence-electron chi connectivity index (χ2n) is 7.86. The van der Waals surface area contributed by atoms with E-state index >= 15 is 0 Å². The Labute approximate surface area is 204 Å². The summed E-state index contributed by atoms with van der Waals surface area (Å²) >= 11 is 0. The molecule has 36 heavy (non-hydrogen) atoms. The lowest BCUT2D eigenvalue weighted by Crippen LogP contribution is -2.07. The highest BCUT2D eigenvalue weighted by Gasteiger charge is 2.16. The smallest absolute Gasteiger partial charge is 0.267 e. The van der Waals surface area contributed by atoms with E-state index in [1.54, 1.807) is 37.2 Å². The van der Waals surface area contributed by atoms with Crippen LogP contribution in [-0.4, -0.2) is 36.0 Å². The van der Waals surface area contributed by atoms with Crippen LogP contribution in [0.15, 0.2) is 96.7 Å². The Balaban J connectivity index is 1.27. The first-order valence-electron chi connectivity index (χ1n) is 11.0. The van der Waals surface area contributed by atoms with Crippen LogP contribution in [0.3, 0.4) is 0 Å². The van der Waals surface area contributed by atoms with Gasteiger partial charge in [-0.15, -0.1) is 10.2 Å². The average Bonchev–Trinajstić information content (AvgIpc) is 3.43. The number of fused-ring (bicyclic) bond motifs is 2. The van der Waals surface area contributed by atoms with E-state index in [0.29, 0.717) is 34.3 Å². The largest absolute Gasteiger partial charge is 0.437 e. The molecule has 0 fully saturated rings. The van der Waals surface area contributed by atoms with Gasteiger partial charge >= 0.3 is 0 Å². The number of nitrogens with zero attached hydrogens (tertiary/aromatic N) is 6. The van der Waals surface area contributed by atoms with Crippen molar-refractivity contribution in [3.8, 4) is 23.0 Å². The van der Waals surface area contributed by atoms with Gasteiger partial charge in [-0.1, -0.05) is 18.7 Å². The van der Waals surface area contributed by atoms with Crippen LogP contribution in [0.2, 0.25) is 0 Å². The number of aromatic nitrogens is 6. The zero-order chi connectivity index (χ0) is 24.5. The Morgan fingerprint density at radius 3 is 2.33 bits per heavy atom. The molecule has 0 unspecified atom stereocenters. The molecule has 1 N–H and O–H groups in total. The van der Waals surface area contributed by atoms with Crippen molar-refractivity contribution in [3.05, 3.63) is 104 Å². The molecular formula is C27H17N7O2. The van der Waals surface area contributed by atoms with Crippen LogP contribution >= 0.6 is 0 Å². The molecule has 0 radical (unpaired) electrons. The quantitative estimate of drug-likeness (QED) is 0.204. The third-order valence-electron chi connectivity index (χ3n) is 5.63. The van der Waals surface area contributed by atoms with Crippen molar-refractivity contribution < 1.29 is 9.15 Å². The topological polar surface area (TPSA) is 124 Å². The molecule has 0 spiro atoms. The SMILES string of the molecule is C=C(OC(=N)c1nccc2ccncc12)c1cccc(-c2nnc(-c3nccc4ccncc34)o2)c1. The highest BCUT2D eigenvalue weighted by atomic mass is 16.5. The van der Waals surface area contributed by atoms with Gasteiger partial charge < -0.3 is 9.15 Å². The molecule has 172 valence electrons. The van der Waals surface area contributed by atoms with Gasteiger partial charge in [-0.3, -0.25) is 25.3 Å². The molecule has 0 aliphatic rings. The van der Waals surface area contributed by atoms with Crippen LogP contribution < -0.4 is 0 Å². The third kappa shape index (κ3) is 3.84. The van der Waals surface area contributed by atoms with E-state index in [1.165, 1.54) is 0 Å². The van der Waals surface area contributed by atoms with Gasteiger partial charge in [0.15, 0.2) is 0 Å². The van der Waals surface area contributed by atoms with E-state index < -0.39 is 0 Å². The Morgan fingerprint density at radius 1 is 0.806 bits per heavy atom. The number of ether oxygens (including phenoxy) is 1. The summed E-state index contributed by atoms with van der Waals surface area (Å²) in [5.74, 6) is 0.770. The van der Waals surface area contributed by atoms with Crippen molar-refractivity contribution in [1.29, 1.82) is 5.41 Å². The van der Waals surface area contributed by atoms with Crippen LogP contribution in [0, 0.1) is 5.41 Å². The van der Waals surface area contributed by atoms with E-state index in [0.717, 1.165) is 21.5 Å². The van der Waals surface area contributed by atoms with Gasteiger partial charge in [0.25, 0.3) is 5.89 Å². The first kappa shape index (κ1) is 21.2. The standard InChI is InChI=1S/C27H17N7O2/c1-16(35-25(28)23-21-14-29-9-5-17(21)7-11-31-23)19-3-2-4-20(13-19)26-33-34-27(36-26)24-22-15-30-10-6-18(22)8-12-32-24/h2-15,28H,1H2. The van der Waals surface area contributed by atoms with E-state index in [-0.39, 0.29) is 11.7 Å². The van der Waals surface area contributed by atoms with Gasteiger partial charge in [-0.05, 0) is 47.2 Å². The first-order valence-corrected chi connectivity index (χ1v) is 11.0. The number of benzene rings is 1. The van der Waals surface area contributed by atoms with Gasteiger partial charge in [0.1, 0.15) is 17.1 Å². The molecule has 1 aromatic carbocycles. The molecule has 5 heterocycles. The minimum Gasteiger partial charge on any atom is -0.437 e. The molecule has 9 heteroatoms. The fourth-order valence-electron chi connectivity index (χ4n) is 3.86. The Kier molecular flexibility index (Phi) is 5.19. The minimum absolute atomic E-state index is 0.125. The predicted molar refractivity (Wildman–Crippen MR) is 135 cm³/mol. The average molecular weight is 471 g/mol. The van der Waals surface area contributed by atoms with Crippen LogP contribution in [0.4, 0.5) is 0 Å². The zero-order valence-corrected chi connectivity index (χ0v) is 18.8. The van der Waals surface area contributed by atoms with Crippen LogP contribution in [0.1, 0.15) is 11.3 Å². The number of hydrogen-bond donors (Lipinski definition) is 1. The van der Waals surface area contributed by atoms with Crippen molar-refractivity contribution >= 4 is 33.2 Å². The van der Waals surface area contributed by atoms with Gasteiger partial charge in [0, 0.05) is 59.1 Å². The van der Waals surface area contributed by atoms with Crippen molar-refractivity contribution in [3.63, 3.8) is 0 Å². The summed E-state index contributed by atoms with van der Waals surface area (Å²) in [4.78, 5) is 17.0. The van der Waals surface area contributed by atoms with Gasteiger partial charge in [0.2, 0.25) is 11.8 Å². The summed E-state index contributed by atoms with van der Waals surface area (Å²) in [6.45, 7) is 4.00. The fourth-order valence-corrected chi connectivity index (χ4v) is 3.86. The molecule has 6 rings (SSSR count). The van der Waals surface area contributed by atoms with Crippen molar-refractivity contribution in [1.82, 2.24) is 30.1 Å². The molecule has 9 nitrogen and oxygen atoms in total. The van der Waals surface area contributed by atoms with Crippen molar-refractivity contribution in [2.24, 2.45) is 0 Å². The van der Waals surface area contributed by atoms with E-state index in [9.17, 15) is 0 Å². The maximum atomic E-state index is 8.45. The Bertz CT molecular complexity index is 1770. The lowest BCUT2D eigenvalue weighted by Gasteiger charge is -2.11. The number of hydrogen-bond acceptors (Lipinski definition) is 9. The van der Waals surface area contributed by atoms with Crippen molar-refractivity contribution in [2.45, 2.75) is 0 Å². The first-order chi connectivity index (χ1) is 17.7. The number of rotatable bonds is 5. The Hall–Kier alpha value is -5.31. The maximum absolute atomic E-state index is 8.45. The van der Waals surface area contributed by atoms with E-state index in [1.807, 2.05) is 48.5 Å². The number of nitrogens with one attached hydrogen (secondary N) is 1. The minimum atomic E-state index is -0.125. The summed E-state index contributed by atoms with van der Waals surface area (Å²) in [6.07, 6.45) is 10.1. The highest BCUT2D eigenvalue weighted by molar-refractivity contribution is 6.04. The van der Waals surface area contributed by atoms with E-state index in [4.69, 9.17) is 14.6 Å². The van der Waals surface area contributed by atoms with Crippen LogP contribution in [-0.2, 0) is 4.74 Å². The molecule has 5 aromatic heterocycles. The van der Waals surface area contributed by atoms with Gasteiger partial charge in [-0.25, -0.2) is 0 Å². The molecule has 0 amide bonds. The fraction of sp³-hybridized carbons (Fsp3) is 0. The molecule has 0 saturated heterocycles. The summed E-state index contributed by atoms with van der Waals surface area (Å²) in [5, 5.41) is 20.3. The number of pyridine rings is 4. The molecule has 0 saturated carbocycles. The van der Waals surface area contributed by atoms with Crippen LogP contribution in [0.5, 0.6) is 0 Å². The Morgan fingerprint density at radius 2 is 1.50 bits per heavy atom. The normalized spacial score (nSPS) is 11.0. The highest BCUT2D eigenvalue weighted by Crippen LogP contribution is 2.29. The summed E-state index contributed by atoms with van der Waals surface area (Å²) in [6, 6.07) is 14.8. The monoisotopic (exact) mass is 471 g/mol. The van der Waals surface area contributed by atoms with E-state index in [2.05, 4.69) is 36.7 Å². The maximum Gasteiger partial charge on any atom is 0.267 e. The van der Waals surface area contributed by atoms with Gasteiger partial charge in [-0.2, -0.15) is 0 Å². The second kappa shape index (κ2) is 8.80. The molecule has 0 aliphatic carbocycles. The predicted octanol–water partition coefficient (Wildman–Crippen LogP) is 5.30. The lowest BCUT2D eigenvalue weighted by atomic mass is 10.1. The van der Waals surface area contributed by atoms with Gasteiger partial charge in [0.05, 0.1) is 0 Å². The summed E-state index contributed by atoms with van der Waals surface area (Å²) < 4.78 is 11.7. The zero-order valence-electron chi connectivity index (χ0n) is 18.8. The molecule has 0 aliphatic heterocycles. The molecule has 0 atom stereocenters. The molecular weight excluding hydrogens is 454 g/mol. The van der Waals surface area contributed by atoms with Crippen LogP contribution in [0.25, 0.3) is 50.3 Å². The summed E-state index contributed by atoms with van der Waals surface area (Å²) in [5.41, 5.74) is 2.28. The van der Waals surface area contributed by atoms with Crippen molar-refractivity contribution in [2.75, 3.05) is 0 Å². The second-order valence-corrected chi connectivity index (χ2v) is 7.86. The molecule has 0 bridgehead atoms. The summed E-state index contributed by atoms with van der Waals surface area (Å²) in [7, 11) is 0. The molecule has 6 aromatic rings. The lowest BCUT2D eigenvalue weighted by molar-refractivity contribution is 0.504. The third-order valence-corrected chi connectivity index (χ3v) is 5.63.